The van der Waals surface area contributed by atoms with E-state index < -0.39 is 0 Å². The van der Waals surface area contributed by atoms with E-state index in [0.717, 1.165) is 15.6 Å². The molecule has 1 N–H and O–H groups in total. The van der Waals surface area contributed by atoms with Gasteiger partial charge in [-0.3, -0.25) is 9.59 Å². The van der Waals surface area contributed by atoms with E-state index in [4.69, 9.17) is 21.1 Å². The molecule has 1 heterocycles. The van der Waals surface area contributed by atoms with Gasteiger partial charge in [0, 0.05) is 45.5 Å². The fraction of sp³-hybridized carbons (Fsp3) is 0.227. The van der Waals surface area contributed by atoms with Crippen LogP contribution in [-0.2, 0) is 4.79 Å². The van der Waals surface area contributed by atoms with Crippen LogP contribution in [0.25, 0.3) is 10.1 Å². The van der Waals surface area contributed by atoms with E-state index in [0.29, 0.717) is 17.2 Å². The van der Waals surface area contributed by atoms with E-state index in [1.54, 1.807) is 11.3 Å². The predicted octanol–water partition coefficient (Wildman–Crippen LogP) is 5.08. The molecular formula is C22H21ClN2O4S. The number of thiophene rings is 1. The number of halogens is 1. The summed E-state index contributed by atoms with van der Waals surface area (Å²) in [4.78, 5) is 24.7. The molecule has 1 amide bonds. The number of fused-ring (bicyclic) bond motifs is 1. The van der Waals surface area contributed by atoms with Gasteiger partial charge in [-0.25, -0.2) is 5.43 Å². The van der Waals surface area contributed by atoms with E-state index in [1.807, 2.05) is 36.6 Å². The average Bonchev–Trinajstić information content (AvgIpc) is 3.19. The summed E-state index contributed by atoms with van der Waals surface area (Å²) in [6.45, 7) is 1.84. The Kier molecular flexibility index (Phi) is 7.07. The second-order valence-electron chi connectivity index (χ2n) is 6.49. The first-order valence-corrected chi connectivity index (χ1v) is 10.4. The Morgan fingerprint density at radius 3 is 2.50 bits per heavy atom. The maximum absolute atomic E-state index is 12.5. The molecule has 0 aliphatic carbocycles. The van der Waals surface area contributed by atoms with Crippen LogP contribution in [0.2, 0.25) is 5.02 Å². The molecular weight excluding hydrogens is 424 g/mol. The number of nitrogens with zero attached hydrogens (tertiary/aromatic N) is 1. The van der Waals surface area contributed by atoms with Crippen molar-refractivity contribution < 1.29 is 19.1 Å². The van der Waals surface area contributed by atoms with Gasteiger partial charge >= 0.3 is 0 Å². The molecule has 0 aliphatic rings. The van der Waals surface area contributed by atoms with E-state index in [2.05, 4.69) is 10.5 Å². The number of Topliss-reactive ketones (excluding diaryl/α,β-unsaturated/α-hetero) is 1. The van der Waals surface area contributed by atoms with Crippen molar-refractivity contribution in [3.05, 3.63) is 57.9 Å². The van der Waals surface area contributed by atoms with Gasteiger partial charge in [0.25, 0.3) is 0 Å². The molecule has 2 aromatic carbocycles. The Bertz CT molecular complexity index is 1120. The molecule has 1 aromatic heterocycles. The summed E-state index contributed by atoms with van der Waals surface area (Å²) in [6, 6.07) is 11.1. The number of amides is 1. The molecule has 8 heteroatoms. The van der Waals surface area contributed by atoms with E-state index in [1.165, 1.54) is 26.4 Å². The molecule has 3 aromatic rings. The zero-order valence-electron chi connectivity index (χ0n) is 16.8. The maximum Gasteiger partial charge on any atom is 0.240 e. The number of ether oxygens (including phenoxy) is 2. The van der Waals surface area contributed by atoms with Crippen LogP contribution in [0.3, 0.4) is 0 Å². The van der Waals surface area contributed by atoms with E-state index >= 15 is 0 Å². The standard InChI is InChI=1S/C22H21ClN2O4S/c1-13(16-12-30-21-7-5-4-6-14(16)21)24-25-22(27)9-8-18(26)15-10-19(28-2)20(29-3)11-17(15)23/h4-7,10-12H,8-9H2,1-3H3,(H,25,27)/b24-13+. The quantitative estimate of drug-likeness (QED) is 0.299. The van der Waals surface area contributed by atoms with Crippen LogP contribution in [0.4, 0.5) is 0 Å². The lowest BCUT2D eigenvalue weighted by Gasteiger charge is -2.11. The Balaban J connectivity index is 1.62. The third kappa shape index (κ3) is 4.80. The first kappa shape index (κ1) is 21.8. The van der Waals surface area contributed by atoms with Crippen molar-refractivity contribution in [2.24, 2.45) is 5.10 Å². The predicted molar refractivity (Wildman–Crippen MR) is 120 cm³/mol. The fourth-order valence-corrected chi connectivity index (χ4v) is 4.21. The number of ketones is 1. The third-order valence-corrected chi connectivity index (χ3v) is 5.85. The fourth-order valence-electron chi connectivity index (χ4n) is 2.95. The van der Waals surface area contributed by atoms with Crippen molar-refractivity contribution in [3.63, 3.8) is 0 Å². The first-order valence-electron chi connectivity index (χ1n) is 9.19. The van der Waals surface area contributed by atoms with E-state index in [-0.39, 0.29) is 35.1 Å². The number of hydrazone groups is 1. The summed E-state index contributed by atoms with van der Waals surface area (Å²) in [5.74, 6) is 0.222. The van der Waals surface area contributed by atoms with Gasteiger partial charge in [-0.05, 0) is 19.1 Å². The van der Waals surface area contributed by atoms with Gasteiger partial charge in [-0.15, -0.1) is 11.3 Å². The largest absolute Gasteiger partial charge is 0.493 e. The number of rotatable bonds is 8. The van der Waals surface area contributed by atoms with Crippen LogP contribution in [0.1, 0.15) is 35.7 Å². The van der Waals surface area contributed by atoms with Gasteiger partial charge < -0.3 is 9.47 Å². The number of carbonyl (C=O) groups excluding carboxylic acids is 2. The summed E-state index contributed by atoms with van der Waals surface area (Å²) in [7, 11) is 2.96. The zero-order chi connectivity index (χ0) is 21.7. The van der Waals surface area contributed by atoms with Crippen LogP contribution in [0.5, 0.6) is 11.5 Å². The first-order chi connectivity index (χ1) is 14.4. The number of hydrogen-bond acceptors (Lipinski definition) is 6. The van der Waals surface area contributed by atoms with Gasteiger partial charge in [0.15, 0.2) is 17.3 Å². The maximum atomic E-state index is 12.5. The molecule has 0 fully saturated rings. The minimum absolute atomic E-state index is 0.00299. The van der Waals surface area contributed by atoms with Crippen LogP contribution in [0.15, 0.2) is 46.9 Å². The van der Waals surface area contributed by atoms with Gasteiger partial charge in [0.2, 0.25) is 5.91 Å². The van der Waals surface area contributed by atoms with E-state index in [9.17, 15) is 9.59 Å². The topological polar surface area (TPSA) is 77.0 Å². The minimum atomic E-state index is -0.348. The average molecular weight is 445 g/mol. The van der Waals surface area contributed by atoms with Gasteiger partial charge in [-0.1, -0.05) is 29.8 Å². The summed E-state index contributed by atoms with van der Waals surface area (Å²) in [6.07, 6.45) is -0.0122. The minimum Gasteiger partial charge on any atom is -0.493 e. The lowest BCUT2D eigenvalue weighted by atomic mass is 10.1. The highest BCUT2D eigenvalue weighted by atomic mass is 35.5. The second kappa shape index (κ2) is 9.73. The highest BCUT2D eigenvalue weighted by molar-refractivity contribution is 7.17. The molecule has 0 atom stereocenters. The molecule has 0 aliphatic heterocycles. The van der Waals surface area contributed by atoms with Gasteiger partial charge in [0.05, 0.1) is 25.0 Å². The molecule has 3 rings (SSSR count). The lowest BCUT2D eigenvalue weighted by molar-refractivity contribution is -0.121. The van der Waals surface area contributed by atoms with Crippen molar-refractivity contribution >= 4 is 50.4 Å². The number of hydrogen-bond donors (Lipinski definition) is 1. The molecule has 0 unspecified atom stereocenters. The molecule has 156 valence electrons. The van der Waals surface area contributed by atoms with Crippen LogP contribution < -0.4 is 14.9 Å². The number of nitrogens with one attached hydrogen (secondary N) is 1. The summed E-state index contributed by atoms with van der Waals surface area (Å²) in [5, 5.41) is 7.54. The summed E-state index contributed by atoms with van der Waals surface area (Å²) in [5.41, 5.74) is 4.49. The highest BCUT2D eigenvalue weighted by Crippen LogP contribution is 2.33. The van der Waals surface area contributed by atoms with Crippen LogP contribution in [-0.4, -0.2) is 31.6 Å². The van der Waals surface area contributed by atoms with Gasteiger partial charge in [-0.2, -0.15) is 5.10 Å². The molecule has 0 bridgehead atoms. The third-order valence-electron chi connectivity index (χ3n) is 4.57. The van der Waals surface area contributed by atoms with Crippen molar-refractivity contribution in [3.8, 4) is 11.5 Å². The second-order valence-corrected chi connectivity index (χ2v) is 7.81. The van der Waals surface area contributed by atoms with Crippen molar-refractivity contribution in [1.82, 2.24) is 5.43 Å². The van der Waals surface area contributed by atoms with Crippen molar-refractivity contribution in [2.45, 2.75) is 19.8 Å². The van der Waals surface area contributed by atoms with Crippen molar-refractivity contribution in [1.29, 1.82) is 0 Å². The Morgan fingerprint density at radius 1 is 1.07 bits per heavy atom. The van der Waals surface area contributed by atoms with Gasteiger partial charge in [0.1, 0.15) is 0 Å². The molecule has 30 heavy (non-hydrogen) atoms. The molecule has 6 nitrogen and oxygen atoms in total. The summed E-state index contributed by atoms with van der Waals surface area (Å²) >= 11 is 7.80. The summed E-state index contributed by atoms with van der Waals surface area (Å²) < 4.78 is 11.5. The Labute approximate surface area is 183 Å². The molecule has 0 spiro atoms. The van der Waals surface area contributed by atoms with Crippen molar-refractivity contribution in [2.75, 3.05) is 14.2 Å². The number of methoxy groups -OCH3 is 2. The monoisotopic (exact) mass is 444 g/mol. The molecule has 0 saturated carbocycles. The molecule has 0 saturated heterocycles. The normalized spacial score (nSPS) is 11.4. The Morgan fingerprint density at radius 2 is 1.77 bits per heavy atom. The van der Waals surface area contributed by atoms with Crippen LogP contribution >= 0.6 is 22.9 Å². The number of benzene rings is 2. The van der Waals surface area contributed by atoms with Crippen LogP contribution in [0, 0.1) is 0 Å². The Hall–Kier alpha value is -2.90. The number of carbonyl (C=O) groups is 2. The highest BCUT2D eigenvalue weighted by Gasteiger charge is 2.17. The SMILES string of the molecule is COc1cc(Cl)c(C(=O)CCC(=O)N/N=C(\C)c2csc3ccccc23)cc1OC. The smallest absolute Gasteiger partial charge is 0.240 e. The lowest BCUT2D eigenvalue weighted by Crippen LogP contribution is -2.20. The molecule has 0 radical (unpaired) electrons. The zero-order valence-corrected chi connectivity index (χ0v) is 18.4.